The molecular weight excluding hydrogens is 346 g/mol. The van der Waals surface area contributed by atoms with E-state index < -0.39 is 0 Å². The second kappa shape index (κ2) is 7.49. The molecule has 2 amide bonds. The van der Waals surface area contributed by atoms with Crippen LogP contribution in [0.2, 0.25) is 0 Å². The van der Waals surface area contributed by atoms with Crippen LogP contribution in [0.4, 0.5) is 5.69 Å². The Morgan fingerprint density at radius 1 is 1.00 bits per heavy atom. The van der Waals surface area contributed by atoms with Crippen LogP contribution >= 0.6 is 11.3 Å². The summed E-state index contributed by atoms with van der Waals surface area (Å²) >= 11 is 1.60. The Balaban J connectivity index is 1.86. The van der Waals surface area contributed by atoms with Gasteiger partial charge in [0.2, 0.25) is 0 Å². The minimum Gasteiger partial charge on any atom is -0.345 e. The van der Waals surface area contributed by atoms with Crippen LogP contribution in [0.5, 0.6) is 0 Å². The quantitative estimate of drug-likeness (QED) is 0.758. The number of carbonyl (C=O) groups excluding carboxylic acids is 2. The van der Waals surface area contributed by atoms with Gasteiger partial charge in [0, 0.05) is 14.1 Å². The van der Waals surface area contributed by atoms with Crippen molar-refractivity contribution in [2.75, 3.05) is 19.4 Å². The number of para-hydroxylation sites is 1. The fourth-order valence-corrected chi connectivity index (χ4v) is 3.27. The summed E-state index contributed by atoms with van der Waals surface area (Å²) in [7, 11) is 3.36. The maximum atomic E-state index is 12.7. The van der Waals surface area contributed by atoms with E-state index in [-0.39, 0.29) is 11.8 Å². The van der Waals surface area contributed by atoms with Crippen molar-refractivity contribution in [3.8, 4) is 10.6 Å². The van der Waals surface area contributed by atoms with Crippen LogP contribution in [0.15, 0.2) is 53.9 Å². The second-order valence-corrected chi connectivity index (χ2v) is 6.95. The largest absolute Gasteiger partial charge is 0.345 e. The van der Waals surface area contributed by atoms with E-state index in [0.717, 1.165) is 10.6 Å². The summed E-state index contributed by atoms with van der Waals surface area (Å²) in [6.45, 7) is 1.81. The van der Waals surface area contributed by atoms with Gasteiger partial charge in [-0.3, -0.25) is 14.6 Å². The molecule has 26 heavy (non-hydrogen) atoms. The normalized spacial score (nSPS) is 10.4. The van der Waals surface area contributed by atoms with Crippen LogP contribution in [0.1, 0.15) is 26.4 Å². The van der Waals surface area contributed by atoms with Crippen molar-refractivity contribution in [2.24, 2.45) is 0 Å². The van der Waals surface area contributed by atoms with E-state index in [1.165, 1.54) is 4.90 Å². The first-order chi connectivity index (χ1) is 12.5. The van der Waals surface area contributed by atoms with Gasteiger partial charge in [0.15, 0.2) is 0 Å². The second-order valence-electron chi connectivity index (χ2n) is 6.01. The van der Waals surface area contributed by atoms with Crippen LogP contribution in [0.3, 0.4) is 0 Å². The number of pyridine rings is 1. The van der Waals surface area contributed by atoms with Crippen molar-refractivity contribution in [2.45, 2.75) is 6.92 Å². The minimum atomic E-state index is -0.285. The number of hydrogen-bond donors (Lipinski definition) is 1. The molecule has 0 aliphatic heterocycles. The standard InChI is InChI=1S/C20H19N3O2S/c1-13-14(10-11-17(21-13)18-9-6-12-26-18)19(24)22-16-8-5-4-7-15(16)20(25)23(2)3/h4-12H,1-3H3,(H,22,24). The molecule has 1 N–H and O–H groups in total. The molecule has 1 aromatic carbocycles. The number of amides is 2. The Kier molecular flexibility index (Phi) is 5.14. The van der Waals surface area contributed by atoms with Gasteiger partial charge in [-0.05, 0) is 42.6 Å². The molecular formula is C20H19N3O2S. The number of anilines is 1. The molecule has 0 spiro atoms. The van der Waals surface area contributed by atoms with Crippen molar-refractivity contribution in [1.82, 2.24) is 9.88 Å². The molecule has 0 saturated carbocycles. The molecule has 0 radical (unpaired) electrons. The molecule has 0 bridgehead atoms. The number of carbonyl (C=O) groups is 2. The average molecular weight is 365 g/mol. The molecule has 0 unspecified atom stereocenters. The number of rotatable bonds is 4. The molecule has 2 aromatic heterocycles. The molecule has 132 valence electrons. The van der Waals surface area contributed by atoms with Crippen LogP contribution in [-0.2, 0) is 0 Å². The lowest BCUT2D eigenvalue weighted by Crippen LogP contribution is -2.24. The summed E-state index contributed by atoms with van der Waals surface area (Å²) in [6, 6.07) is 14.5. The lowest BCUT2D eigenvalue weighted by atomic mass is 10.1. The summed E-state index contributed by atoms with van der Waals surface area (Å²) < 4.78 is 0. The highest BCUT2D eigenvalue weighted by atomic mass is 32.1. The lowest BCUT2D eigenvalue weighted by molar-refractivity contribution is 0.0828. The Bertz CT molecular complexity index is 949. The Morgan fingerprint density at radius 2 is 1.77 bits per heavy atom. The summed E-state index contributed by atoms with van der Waals surface area (Å²) in [5.41, 5.74) is 2.91. The van der Waals surface area contributed by atoms with Gasteiger partial charge in [-0.1, -0.05) is 18.2 Å². The third kappa shape index (κ3) is 3.65. The highest BCUT2D eigenvalue weighted by Gasteiger charge is 2.17. The zero-order valence-electron chi connectivity index (χ0n) is 14.8. The predicted molar refractivity (Wildman–Crippen MR) is 105 cm³/mol. The molecule has 0 fully saturated rings. The molecule has 3 rings (SSSR count). The van der Waals surface area contributed by atoms with Crippen LogP contribution in [-0.4, -0.2) is 35.8 Å². The molecule has 5 nitrogen and oxygen atoms in total. The maximum absolute atomic E-state index is 12.7. The van der Waals surface area contributed by atoms with Crippen LogP contribution in [0, 0.1) is 6.92 Å². The fourth-order valence-electron chi connectivity index (χ4n) is 2.57. The van der Waals surface area contributed by atoms with Gasteiger partial charge in [-0.2, -0.15) is 0 Å². The maximum Gasteiger partial charge on any atom is 0.257 e. The van der Waals surface area contributed by atoms with Crippen LogP contribution in [0.25, 0.3) is 10.6 Å². The summed E-state index contributed by atoms with van der Waals surface area (Å²) in [4.78, 5) is 32.1. The van der Waals surface area contributed by atoms with Crippen molar-refractivity contribution < 1.29 is 9.59 Å². The van der Waals surface area contributed by atoms with E-state index in [0.29, 0.717) is 22.5 Å². The van der Waals surface area contributed by atoms with E-state index >= 15 is 0 Å². The first-order valence-corrected chi connectivity index (χ1v) is 8.99. The summed E-state index contributed by atoms with van der Waals surface area (Å²) in [5.74, 6) is -0.449. The minimum absolute atomic E-state index is 0.163. The first-order valence-electron chi connectivity index (χ1n) is 8.11. The number of benzene rings is 1. The van der Waals surface area contributed by atoms with Crippen LogP contribution < -0.4 is 5.32 Å². The molecule has 0 aliphatic carbocycles. The smallest absolute Gasteiger partial charge is 0.257 e. The Morgan fingerprint density at radius 3 is 2.42 bits per heavy atom. The fraction of sp³-hybridized carbons (Fsp3) is 0.150. The number of aryl methyl sites for hydroxylation is 1. The van der Waals surface area contributed by atoms with E-state index in [4.69, 9.17) is 0 Å². The molecule has 0 aliphatic rings. The zero-order chi connectivity index (χ0) is 18.7. The van der Waals surface area contributed by atoms with Crippen molar-refractivity contribution in [1.29, 1.82) is 0 Å². The predicted octanol–water partition coefficient (Wildman–Crippen LogP) is 4.07. The number of hydrogen-bond acceptors (Lipinski definition) is 4. The van der Waals surface area contributed by atoms with Crippen molar-refractivity contribution >= 4 is 28.8 Å². The molecule has 0 atom stereocenters. The highest BCUT2D eigenvalue weighted by molar-refractivity contribution is 7.13. The molecule has 2 heterocycles. The molecule has 0 saturated heterocycles. The third-order valence-corrected chi connectivity index (χ3v) is 4.81. The monoisotopic (exact) mass is 365 g/mol. The summed E-state index contributed by atoms with van der Waals surface area (Å²) in [5, 5.41) is 4.83. The van der Waals surface area contributed by atoms with Crippen molar-refractivity contribution in [3.63, 3.8) is 0 Å². The van der Waals surface area contributed by atoms with Gasteiger partial charge in [0.1, 0.15) is 0 Å². The lowest BCUT2D eigenvalue weighted by Gasteiger charge is -2.15. The van der Waals surface area contributed by atoms with Gasteiger partial charge < -0.3 is 10.2 Å². The Labute approximate surface area is 156 Å². The number of thiophene rings is 1. The summed E-state index contributed by atoms with van der Waals surface area (Å²) in [6.07, 6.45) is 0. The number of aromatic nitrogens is 1. The van der Waals surface area contributed by atoms with E-state index in [1.807, 2.05) is 30.5 Å². The van der Waals surface area contributed by atoms with Gasteiger partial charge in [0.25, 0.3) is 11.8 Å². The SMILES string of the molecule is Cc1nc(-c2cccs2)ccc1C(=O)Nc1ccccc1C(=O)N(C)C. The molecule has 3 aromatic rings. The number of nitrogens with zero attached hydrogens (tertiary/aromatic N) is 2. The van der Waals surface area contributed by atoms with Gasteiger partial charge >= 0.3 is 0 Å². The number of nitrogens with one attached hydrogen (secondary N) is 1. The highest BCUT2D eigenvalue weighted by Crippen LogP contribution is 2.24. The van der Waals surface area contributed by atoms with E-state index in [1.54, 1.807) is 55.8 Å². The first kappa shape index (κ1) is 17.8. The topological polar surface area (TPSA) is 62.3 Å². The van der Waals surface area contributed by atoms with Gasteiger partial charge in [0.05, 0.1) is 33.1 Å². The zero-order valence-corrected chi connectivity index (χ0v) is 15.6. The van der Waals surface area contributed by atoms with E-state index in [2.05, 4.69) is 10.3 Å². The Hall–Kier alpha value is -2.99. The van der Waals surface area contributed by atoms with E-state index in [9.17, 15) is 9.59 Å². The van der Waals surface area contributed by atoms with Gasteiger partial charge in [-0.15, -0.1) is 11.3 Å². The third-order valence-electron chi connectivity index (χ3n) is 3.92. The molecule has 6 heteroatoms. The van der Waals surface area contributed by atoms with Crippen molar-refractivity contribution in [3.05, 3.63) is 70.7 Å². The van der Waals surface area contributed by atoms with Gasteiger partial charge in [-0.25, -0.2) is 0 Å². The average Bonchev–Trinajstić information content (AvgIpc) is 3.16.